The Hall–Kier alpha value is -0.120. The first-order chi connectivity index (χ1) is 11.3. The van der Waals surface area contributed by atoms with Gasteiger partial charge in [0.1, 0.15) is 0 Å². The average Bonchev–Trinajstić information content (AvgIpc) is 2.35. The maximum Gasteiger partial charge on any atom is 0.0948 e. The Morgan fingerprint density at radius 2 is 1.19 bits per heavy atom. The van der Waals surface area contributed by atoms with Crippen LogP contribution < -0.4 is 0 Å². The van der Waals surface area contributed by atoms with Crippen LogP contribution in [0.5, 0.6) is 0 Å². The van der Waals surface area contributed by atoms with E-state index in [9.17, 15) is 5.11 Å². The molecule has 0 aromatic carbocycles. The van der Waals surface area contributed by atoms with Gasteiger partial charge < -0.3 is 5.11 Å². The van der Waals surface area contributed by atoms with Gasteiger partial charge in [-0.25, -0.2) is 0 Å². The fourth-order valence-electron chi connectivity index (χ4n) is 4.26. The molecule has 26 heavy (non-hydrogen) atoms. The minimum atomic E-state index is -0.535. The van der Waals surface area contributed by atoms with Gasteiger partial charge in [0.05, 0.1) is 5.60 Å². The summed E-state index contributed by atoms with van der Waals surface area (Å²) >= 11 is 0. The lowest BCUT2D eigenvalue weighted by Crippen LogP contribution is -2.72. The molecule has 2 rings (SSSR count). The highest BCUT2D eigenvalue weighted by atomic mass is 16.3. The predicted molar refractivity (Wildman–Crippen MR) is 113 cm³/mol. The van der Waals surface area contributed by atoms with Crippen molar-refractivity contribution in [2.45, 2.75) is 106 Å². The molecular formula is C23H46N2O. The monoisotopic (exact) mass is 366 g/mol. The van der Waals surface area contributed by atoms with Crippen molar-refractivity contribution >= 4 is 0 Å². The summed E-state index contributed by atoms with van der Waals surface area (Å²) in [5.41, 5.74) is 0.582. The van der Waals surface area contributed by atoms with E-state index in [0.717, 1.165) is 13.1 Å². The number of likely N-dealkylation sites (tertiary alicyclic amines) is 2. The summed E-state index contributed by atoms with van der Waals surface area (Å²) in [6, 6.07) is 0. The van der Waals surface area contributed by atoms with Gasteiger partial charge in [-0.3, -0.25) is 9.80 Å². The van der Waals surface area contributed by atoms with Crippen LogP contribution in [0.15, 0.2) is 0 Å². The molecule has 2 fully saturated rings. The SMILES string of the molecule is CC(C)(C)N1CC(C)(C(C)(C)CCC(C)(C)N2CC(O)(C(C)(C)C)C2)C1. The van der Waals surface area contributed by atoms with Crippen LogP contribution in [-0.4, -0.2) is 57.8 Å². The number of nitrogens with zero attached hydrogens (tertiary/aromatic N) is 2. The van der Waals surface area contributed by atoms with E-state index >= 15 is 0 Å². The third-order valence-corrected chi connectivity index (χ3v) is 8.18. The molecule has 1 N–H and O–H groups in total. The van der Waals surface area contributed by atoms with Crippen LogP contribution in [-0.2, 0) is 0 Å². The van der Waals surface area contributed by atoms with Gasteiger partial charge in [-0.15, -0.1) is 0 Å². The van der Waals surface area contributed by atoms with Crippen LogP contribution in [0.2, 0.25) is 0 Å². The van der Waals surface area contributed by atoms with Gasteiger partial charge in [0, 0.05) is 37.3 Å². The molecule has 2 aliphatic rings. The quantitative estimate of drug-likeness (QED) is 0.758. The van der Waals surface area contributed by atoms with Crippen molar-refractivity contribution in [3.63, 3.8) is 0 Å². The summed E-state index contributed by atoms with van der Waals surface area (Å²) in [5.74, 6) is 0. The van der Waals surface area contributed by atoms with Gasteiger partial charge in [0.2, 0.25) is 0 Å². The van der Waals surface area contributed by atoms with Crippen molar-refractivity contribution in [1.29, 1.82) is 0 Å². The van der Waals surface area contributed by atoms with E-state index in [2.05, 4.69) is 86.0 Å². The molecular weight excluding hydrogens is 320 g/mol. The molecule has 0 amide bonds. The second-order valence-corrected chi connectivity index (χ2v) is 12.9. The van der Waals surface area contributed by atoms with Crippen molar-refractivity contribution < 1.29 is 5.11 Å². The lowest BCUT2D eigenvalue weighted by atomic mass is 9.58. The summed E-state index contributed by atoms with van der Waals surface area (Å²) in [5, 5.41) is 10.8. The number of hydrogen-bond donors (Lipinski definition) is 1. The largest absolute Gasteiger partial charge is 0.387 e. The molecule has 0 aliphatic carbocycles. The van der Waals surface area contributed by atoms with Gasteiger partial charge in [-0.2, -0.15) is 0 Å². The summed E-state index contributed by atoms with van der Waals surface area (Å²) in [6.07, 6.45) is 2.42. The first-order valence-electron chi connectivity index (χ1n) is 10.6. The summed E-state index contributed by atoms with van der Waals surface area (Å²) in [6.45, 7) is 29.6. The van der Waals surface area contributed by atoms with Gasteiger partial charge >= 0.3 is 0 Å². The number of hydrogen-bond acceptors (Lipinski definition) is 3. The molecule has 0 aromatic heterocycles. The van der Waals surface area contributed by atoms with Crippen LogP contribution >= 0.6 is 0 Å². The van der Waals surface area contributed by atoms with E-state index in [4.69, 9.17) is 0 Å². The van der Waals surface area contributed by atoms with Gasteiger partial charge in [-0.05, 0) is 63.7 Å². The van der Waals surface area contributed by atoms with E-state index < -0.39 is 5.60 Å². The molecule has 0 unspecified atom stereocenters. The van der Waals surface area contributed by atoms with Crippen LogP contribution in [0.4, 0.5) is 0 Å². The zero-order chi connectivity index (χ0) is 20.4. The predicted octanol–water partition coefficient (Wildman–Crippen LogP) is 4.78. The summed E-state index contributed by atoms with van der Waals surface area (Å²) in [4.78, 5) is 5.09. The van der Waals surface area contributed by atoms with E-state index in [1.54, 1.807) is 0 Å². The Morgan fingerprint density at radius 1 is 0.731 bits per heavy atom. The van der Waals surface area contributed by atoms with E-state index in [-0.39, 0.29) is 16.5 Å². The lowest BCUT2D eigenvalue weighted by molar-refractivity contribution is -0.192. The Labute approximate surface area is 163 Å². The van der Waals surface area contributed by atoms with Crippen LogP contribution in [0.1, 0.15) is 89.0 Å². The molecule has 3 nitrogen and oxygen atoms in total. The molecule has 0 aromatic rings. The minimum absolute atomic E-state index is 0.0470. The van der Waals surface area contributed by atoms with Gasteiger partial charge in [-0.1, -0.05) is 41.5 Å². The Kier molecular flexibility index (Phi) is 5.28. The van der Waals surface area contributed by atoms with Crippen molar-refractivity contribution in [3.05, 3.63) is 0 Å². The molecule has 0 bridgehead atoms. The van der Waals surface area contributed by atoms with E-state index in [1.807, 2.05) is 0 Å². The van der Waals surface area contributed by atoms with E-state index in [0.29, 0.717) is 10.8 Å². The minimum Gasteiger partial charge on any atom is -0.387 e. The highest BCUT2D eigenvalue weighted by molar-refractivity contribution is 5.08. The maximum absolute atomic E-state index is 10.8. The second-order valence-electron chi connectivity index (χ2n) is 12.9. The normalized spacial score (nSPS) is 24.9. The molecule has 0 atom stereocenters. The zero-order valence-corrected chi connectivity index (χ0v) is 19.6. The Balaban J connectivity index is 1.91. The fraction of sp³-hybridized carbons (Fsp3) is 1.00. The number of rotatable bonds is 5. The van der Waals surface area contributed by atoms with Crippen molar-refractivity contribution in [2.75, 3.05) is 26.2 Å². The van der Waals surface area contributed by atoms with E-state index in [1.165, 1.54) is 25.9 Å². The summed E-state index contributed by atoms with van der Waals surface area (Å²) < 4.78 is 0. The standard InChI is InChI=1S/C23H46N2O/c1-18(2,3)23(26)16-25(17-23)21(9,10)13-12-20(7,8)22(11)14-24(15-22)19(4,5)6/h26H,12-17H2,1-11H3. The Bertz CT molecular complexity index is 509. The summed E-state index contributed by atoms with van der Waals surface area (Å²) in [7, 11) is 0. The van der Waals surface area contributed by atoms with Crippen molar-refractivity contribution in [2.24, 2.45) is 16.2 Å². The van der Waals surface area contributed by atoms with Crippen LogP contribution in [0.3, 0.4) is 0 Å². The van der Waals surface area contributed by atoms with Gasteiger partial charge in [0.25, 0.3) is 0 Å². The van der Waals surface area contributed by atoms with Gasteiger partial charge in [0.15, 0.2) is 0 Å². The first-order valence-corrected chi connectivity index (χ1v) is 10.6. The fourth-order valence-corrected chi connectivity index (χ4v) is 4.26. The third-order valence-electron chi connectivity index (χ3n) is 8.18. The molecule has 2 heterocycles. The average molecular weight is 367 g/mol. The smallest absolute Gasteiger partial charge is 0.0948 e. The number of β-amino-alcohol motifs (C(OH)–C–C–N with tert-alkyl or cyclic N) is 1. The molecule has 2 aliphatic heterocycles. The second kappa shape index (κ2) is 6.19. The highest BCUT2D eigenvalue weighted by Crippen LogP contribution is 2.52. The van der Waals surface area contributed by atoms with Crippen LogP contribution in [0.25, 0.3) is 0 Å². The maximum atomic E-state index is 10.8. The molecule has 3 heteroatoms. The number of aliphatic hydroxyl groups is 1. The Morgan fingerprint density at radius 3 is 1.58 bits per heavy atom. The zero-order valence-electron chi connectivity index (χ0n) is 19.6. The molecule has 0 radical (unpaired) electrons. The van der Waals surface area contributed by atoms with Crippen molar-refractivity contribution in [1.82, 2.24) is 9.80 Å². The third kappa shape index (κ3) is 3.86. The molecule has 0 saturated carbocycles. The molecule has 0 spiro atoms. The molecule has 154 valence electrons. The topological polar surface area (TPSA) is 26.7 Å². The first kappa shape index (κ1) is 22.2. The highest BCUT2D eigenvalue weighted by Gasteiger charge is 2.55. The molecule has 2 saturated heterocycles. The van der Waals surface area contributed by atoms with Crippen molar-refractivity contribution in [3.8, 4) is 0 Å². The van der Waals surface area contributed by atoms with Crippen LogP contribution in [0, 0.1) is 16.2 Å². The lowest BCUT2D eigenvalue weighted by Gasteiger charge is -2.62.